The Labute approximate surface area is 91.6 Å². The summed E-state index contributed by atoms with van der Waals surface area (Å²) in [4.78, 5) is 0. The van der Waals surface area contributed by atoms with Crippen LogP contribution in [0.4, 0.5) is 0 Å². The van der Waals surface area contributed by atoms with Crippen LogP contribution >= 0.6 is 0 Å². The lowest BCUT2D eigenvalue weighted by Crippen LogP contribution is -2.48. The van der Waals surface area contributed by atoms with Gasteiger partial charge in [-0.25, -0.2) is 13.1 Å². The lowest BCUT2D eigenvalue weighted by molar-refractivity contribution is 0.200. The average Bonchev–Trinajstić information content (AvgIpc) is 2.19. The third-order valence-electron chi connectivity index (χ3n) is 2.56. The molecule has 15 heavy (non-hydrogen) atoms. The molecule has 1 aliphatic heterocycles. The topological polar surface area (TPSA) is 67.4 Å². The molecule has 0 bridgehead atoms. The Balaban J connectivity index is 2.47. The minimum Gasteiger partial charge on any atom is -0.383 e. The third kappa shape index (κ3) is 4.06. The van der Waals surface area contributed by atoms with Crippen molar-refractivity contribution < 1.29 is 13.2 Å². The van der Waals surface area contributed by atoms with Gasteiger partial charge < -0.3 is 10.1 Å². The minimum absolute atomic E-state index is 0.0306. The minimum atomic E-state index is -3.24. The summed E-state index contributed by atoms with van der Waals surface area (Å²) in [6.45, 7) is 3.59. The number of sulfonamides is 1. The Morgan fingerprint density at radius 3 is 2.87 bits per heavy atom. The fraction of sp³-hybridized carbons (Fsp3) is 1.00. The maximum atomic E-state index is 11.8. The van der Waals surface area contributed by atoms with Crippen molar-refractivity contribution in [2.24, 2.45) is 0 Å². The van der Waals surface area contributed by atoms with E-state index in [2.05, 4.69) is 10.0 Å². The Morgan fingerprint density at radius 1 is 1.60 bits per heavy atom. The molecule has 1 aliphatic rings. The predicted octanol–water partition coefficient (Wildman–Crippen LogP) is -0.307. The zero-order valence-corrected chi connectivity index (χ0v) is 10.1. The molecular weight excluding hydrogens is 216 g/mol. The van der Waals surface area contributed by atoms with Gasteiger partial charge in [0, 0.05) is 19.7 Å². The van der Waals surface area contributed by atoms with Gasteiger partial charge >= 0.3 is 0 Å². The lowest BCUT2D eigenvalue weighted by atomic mass is 10.1. The van der Waals surface area contributed by atoms with Crippen molar-refractivity contribution in [3.63, 3.8) is 0 Å². The highest BCUT2D eigenvalue weighted by molar-refractivity contribution is 7.90. The quantitative estimate of drug-likeness (QED) is 0.687. The van der Waals surface area contributed by atoms with Crippen LogP contribution in [-0.4, -0.2) is 46.5 Å². The lowest BCUT2D eigenvalue weighted by Gasteiger charge is -2.25. The summed E-state index contributed by atoms with van der Waals surface area (Å²) >= 11 is 0. The fourth-order valence-corrected chi connectivity index (χ4v) is 2.84. The van der Waals surface area contributed by atoms with Gasteiger partial charge in [0.25, 0.3) is 0 Å². The first-order valence-corrected chi connectivity index (χ1v) is 6.81. The molecule has 0 aromatic rings. The summed E-state index contributed by atoms with van der Waals surface area (Å²) < 4.78 is 31.1. The van der Waals surface area contributed by atoms with E-state index in [0.717, 1.165) is 25.9 Å². The van der Waals surface area contributed by atoms with Crippen LogP contribution in [0.25, 0.3) is 0 Å². The van der Waals surface area contributed by atoms with E-state index in [4.69, 9.17) is 4.74 Å². The maximum absolute atomic E-state index is 11.8. The largest absolute Gasteiger partial charge is 0.383 e. The van der Waals surface area contributed by atoms with Gasteiger partial charge in [0.2, 0.25) is 10.0 Å². The van der Waals surface area contributed by atoms with Crippen LogP contribution in [-0.2, 0) is 14.8 Å². The second-order valence-corrected chi connectivity index (χ2v) is 6.10. The third-order valence-corrected chi connectivity index (χ3v) is 4.42. The number of hydrogen-bond donors (Lipinski definition) is 2. The van der Waals surface area contributed by atoms with E-state index < -0.39 is 15.3 Å². The first-order valence-electron chi connectivity index (χ1n) is 5.27. The van der Waals surface area contributed by atoms with Crippen molar-refractivity contribution in [1.82, 2.24) is 10.0 Å². The van der Waals surface area contributed by atoms with E-state index in [-0.39, 0.29) is 12.6 Å². The molecule has 90 valence electrons. The van der Waals surface area contributed by atoms with Crippen molar-refractivity contribution in [1.29, 1.82) is 0 Å². The van der Waals surface area contributed by atoms with E-state index in [9.17, 15) is 8.42 Å². The second-order valence-electron chi connectivity index (χ2n) is 3.97. The number of methoxy groups -OCH3 is 1. The average molecular weight is 236 g/mol. The van der Waals surface area contributed by atoms with Crippen LogP contribution in [0.3, 0.4) is 0 Å². The van der Waals surface area contributed by atoms with Crippen molar-refractivity contribution in [2.45, 2.75) is 31.1 Å². The van der Waals surface area contributed by atoms with Gasteiger partial charge in [-0.1, -0.05) is 0 Å². The number of piperidine rings is 1. The molecule has 0 aromatic heterocycles. The Hall–Kier alpha value is -0.170. The maximum Gasteiger partial charge on any atom is 0.216 e. The van der Waals surface area contributed by atoms with Gasteiger partial charge in [0.05, 0.1) is 11.9 Å². The molecule has 0 spiro atoms. The number of hydrogen-bond acceptors (Lipinski definition) is 4. The molecular formula is C9H20N2O3S. The van der Waals surface area contributed by atoms with E-state index in [0.29, 0.717) is 0 Å². The standard InChI is InChI=1S/C9H20N2O3S/c1-8(7-14-2)15(12,13)11-9-4-3-5-10-6-9/h8-11H,3-7H2,1-2H3/t8?,9-/m0/s1. The molecule has 1 fully saturated rings. The zero-order chi connectivity index (χ0) is 11.3. The monoisotopic (exact) mass is 236 g/mol. The SMILES string of the molecule is COCC(C)S(=O)(=O)N[C@H]1CCCNC1. The smallest absolute Gasteiger partial charge is 0.216 e. The van der Waals surface area contributed by atoms with Crippen molar-refractivity contribution >= 4 is 10.0 Å². The van der Waals surface area contributed by atoms with Gasteiger partial charge in [-0.3, -0.25) is 0 Å². The molecule has 0 saturated carbocycles. The molecule has 2 N–H and O–H groups in total. The summed E-state index contributed by atoms with van der Waals surface area (Å²) in [5.41, 5.74) is 0. The Kier molecular flexibility index (Phi) is 4.98. The molecule has 6 heteroatoms. The number of rotatable bonds is 5. The van der Waals surface area contributed by atoms with Gasteiger partial charge in [-0.15, -0.1) is 0 Å². The highest BCUT2D eigenvalue weighted by atomic mass is 32.2. The Bertz CT molecular complexity index is 273. The van der Waals surface area contributed by atoms with Crippen molar-refractivity contribution in [2.75, 3.05) is 26.8 Å². The van der Waals surface area contributed by atoms with E-state index in [1.807, 2.05) is 0 Å². The van der Waals surface area contributed by atoms with Crippen LogP contribution in [0.1, 0.15) is 19.8 Å². The van der Waals surface area contributed by atoms with Gasteiger partial charge in [0.1, 0.15) is 0 Å². The van der Waals surface area contributed by atoms with Gasteiger partial charge in [0.15, 0.2) is 0 Å². The summed E-state index contributed by atoms with van der Waals surface area (Å²) in [6, 6.07) is 0.0306. The molecule has 0 aliphatic carbocycles. The molecule has 1 heterocycles. The summed E-state index contributed by atoms with van der Waals surface area (Å²) in [5, 5.41) is 2.67. The van der Waals surface area contributed by atoms with Crippen molar-refractivity contribution in [3.8, 4) is 0 Å². The summed E-state index contributed by atoms with van der Waals surface area (Å²) in [5.74, 6) is 0. The molecule has 0 amide bonds. The van der Waals surface area contributed by atoms with E-state index >= 15 is 0 Å². The summed E-state index contributed by atoms with van der Waals surface area (Å²) in [7, 11) is -1.73. The highest BCUT2D eigenvalue weighted by Gasteiger charge is 2.25. The van der Waals surface area contributed by atoms with Gasteiger partial charge in [-0.2, -0.15) is 0 Å². The molecule has 5 nitrogen and oxygen atoms in total. The van der Waals surface area contributed by atoms with Crippen LogP contribution in [0, 0.1) is 0 Å². The van der Waals surface area contributed by atoms with E-state index in [1.165, 1.54) is 7.11 Å². The van der Waals surface area contributed by atoms with Gasteiger partial charge in [-0.05, 0) is 26.3 Å². The first kappa shape index (κ1) is 12.9. The zero-order valence-electron chi connectivity index (χ0n) is 9.32. The van der Waals surface area contributed by atoms with Crippen LogP contribution < -0.4 is 10.0 Å². The highest BCUT2D eigenvalue weighted by Crippen LogP contribution is 2.06. The first-order chi connectivity index (χ1) is 7.06. The molecule has 1 saturated heterocycles. The second kappa shape index (κ2) is 5.79. The number of ether oxygens (including phenoxy) is 1. The number of nitrogens with one attached hydrogen (secondary N) is 2. The molecule has 0 aromatic carbocycles. The molecule has 0 radical (unpaired) electrons. The van der Waals surface area contributed by atoms with Crippen LogP contribution in [0.5, 0.6) is 0 Å². The van der Waals surface area contributed by atoms with E-state index in [1.54, 1.807) is 6.92 Å². The Morgan fingerprint density at radius 2 is 2.33 bits per heavy atom. The van der Waals surface area contributed by atoms with Crippen LogP contribution in [0.15, 0.2) is 0 Å². The fourth-order valence-electron chi connectivity index (χ4n) is 1.63. The molecule has 1 rings (SSSR count). The normalized spacial score (nSPS) is 25.1. The summed E-state index contributed by atoms with van der Waals surface area (Å²) in [6.07, 6.45) is 1.93. The predicted molar refractivity (Wildman–Crippen MR) is 59.3 cm³/mol. The molecule has 2 atom stereocenters. The van der Waals surface area contributed by atoms with Crippen LogP contribution in [0.2, 0.25) is 0 Å². The van der Waals surface area contributed by atoms with Crippen molar-refractivity contribution in [3.05, 3.63) is 0 Å². The molecule has 1 unspecified atom stereocenters.